The van der Waals surface area contributed by atoms with Crippen LogP contribution in [-0.4, -0.2) is 27.3 Å². The van der Waals surface area contributed by atoms with E-state index in [0.717, 1.165) is 35.2 Å². The minimum Gasteiger partial charge on any atom is -0.481 e. The topological polar surface area (TPSA) is 88.2 Å². The van der Waals surface area contributed by atoms with Crippen molar-refractivity contribution in [1.82, 2.24) is 15.5 Å². The third-order valence-electron chi connectivity index (χ3n) is 5.88. The molecule has 0 saturated heterocycles. The van der Waals surface area contributed by atoms with Gasteiger partial charge in [-0.2, -0.15) is 4.98 Å². The number of aryl methyl sites for hydroxylation is 1. The average Bonchev–Trinajstić information content (AvgIpc) is 3.16. The van der Waals surface area contributed by atoms with Crippen LogP contribution < -0.4 is 5.32 Å². The van der Waals surface area contributed by atoms with Crippen LogP contribution >= 0.6 is 0 Å². The van der Waals surface area contributed by atoms with Crippen molar-refractivity contribution in [2.75, 3.05) is 0 Å². The van der Waals surface area contributed by atoms with Crippen molar-refractivity contribution in [3.63, 3.8) is 0 Å². The van der Waals surface area contributed by atoms with Crippen molar-refractivity contribution in [1.29, 1.82) is 0 Å². The van der Waals surface area contributed by atoms with Gasteiger partial charge in [-0.3, -0.25) is 4.79 Å². The Morgan fingerprint density at radius 1 is 1.16 bits per heavy atom. The third-order valence-corrected chi connectivity index (χ3v) is 5.88. The molecular weight excluding hydrogens is 390 g/mol. The summed E-state index contributed by atoms with van der Waals surface area (Å²) in [5.41, 5.74) is 5.41. The minimum absolute atomic E-state index is 0.194. The molecule has 4 rings (SSSR count). The predicted octanol–water partition coefficient (Wildman–Crippen LogP) is 4.86. The Morgan fingerprint density at radius 2 is 1.87 bits per heavy atom. The predicted molar refractivity (Wildman–Crippen MR) is 119 cm³/mol. The third kappa shape index (κ3) is 5.02. The van der Waals surface area contributed by atoms with E-state index in [1.54, 1.807) is 0 Å². The van der Waals surface area contributed by atoms with Gasteiger partial charge in [0.05, 0.1) is 5.92 Å². The van der Waals surface area contributed by atoms with E-state index >= 15 is 0 Å². The van der Waals surface area contributed by atoms with Crippen LogP contribution in [0.4, 0.5) is 0 Å². The molecule has 1 aliphatic rings. The van der Waals surface area contributed by atoms with Gasteiger partial charge in [-0.1, -0.05) is 49.3 Å². The van der Waals surface area contributed by atoms with Gasteiger partial charge in [-0.25, -0.2) is 0 Å². The first kappa shape index (κ1) is 21.2. The van der Waals surface area contributed by atoms with Crippen LogP contribution in [0.2, 0.25) is 0 Å². The molecule has 0 amide bonds. The van der Waals surface area contributed by atoms with E-state index in [2.05, 4.69) is 53.6 Å². The molecule has 0 radical (unpaired) electrons. The van der Waals surface area contributed by atoms with Gasteiger partial charge in [0.25, 0.3) is 5.89 Å². The van der Waals surface area contributed by atoms with E-state index in [1.807, 2.05) is 25.1 Å². The summed E-state index contributed by atoms with van der Waals surface area (Å²) in [4.78, 5) is 15.5. The highest BCUT2D eigenvalue weighted by molar-refractivity contribution is 5.71. The average molecular weight is 420 g/mol. The molecule has 162 valence electrons. The summed E-state index contributed by atoms with van der Waals surface area (Å²) in [6, 6.07) is 14.8. The van der Waals surface area contributed by atoms with Crippen molar-refractivity contribution in [2.45, 2.75) is 52.6 Å². The van der Waals surface area contributed by atoms with Gasteiger partial charge in [0.1, 0.15) is 0 Å². The first-order valence-electron chi connectivity index (χ1n) is 10.9. The molecule has 1 saturated carbocycles. The van der Waals surface area contributed by atoms with Crippen molar-refractivity contribution in [2.24, 2.45) is 11.8 Å². The summed E-state index contributed by atoms with van der Waals surface area (Å²) < 4.78 is 5.52. The van der Waals surface area contributed by atoms with Crippen LogP contribution in [0.1, 0.15) is 43.4 Å². The molecule has 0 unspecified atom stereocenters. The molecule has 0 spiro atoms. The highest BCUT2D eigenvalue weighted by Crippen LogP contribution is 2.29. The number of rotatable bonds is 8. The summed E-state index contributed by atoms with van der Waals surface area (Å²) in [5, 5.41) is 16.6. The van der Waals surface area contributed by atoms with Crippen LogP contribution in [0.25, 0.3) is 22.8 Å². The maximum atomic E-state index is 10.9. The molecule has 6 nitrogen and oxygen atoms in total. The monoisotopic (exact) mass is 419 g/mol. The number of aromatic nitrogens is 2. The Labute approximate surface area is 182 Å². The number of nitrogens with one attached hydrogen (secondary N) is 1. The second-order valence-electron chi connectivity index (χ2n) is 8.95. The summed E-state index contributed by atoms with van der Waals surface area (Å²) >= 11 is 0. The smallest absolute Gasteiger partial charge is 0.306 e. The van der Waals surface area contributed by atoms with E-state index in [1.165, 1.54) is 5.56 Å². The zero-order valence-electron chi connectivity index (χ0n) is 18.3. The minimum atomic E-state index is -0.691. The SMILES string of the molecule is Cc1cc(CN[C@H]2C[C@H](C(=O)O)C2)ccc1-c1noc(-c2ccc(CC(C)C)cc2)n1. The zero-order valence-corrected chi connectivity index (χ0v) is 18.3. The van der Waals surface area contributed by atoms with Gasteiger partial charge in [0.15, 0.2) is 0 Å². The van der Waals surface area contributed by atoms with Crippen molar-refractivity contribution < 1.29 is 14.4 Å². The molecule has 1 heterocycles. The molecule has 1 aromatic heterocycles. The number of carboxylic acid groups (broad SMARTS) is 1. The fourth-order valence-electron chi connectivity index (χ4n) is 4.04. The van der Waals surface area contributed by atoms with Crippen molar-refractivity contribution >= 4 is 5.97 Å². The first-order chi connectivity index (χ1) is 14.9. The number of carboxylic acids is 1. The number of hydrogen-bond donors (Lipinski definition) is 2. The van der Waals surface area contributed by atoms with Gasteiger partial charge in [0, 0.05) is 23.7 Å². The largest absolute Gasteiger partial charge is 0.481 e. The Balaban J connectivity index is 1.40. The molecule has 2 N–H and O–H groups in total. The van der Waals surface area contributed by atoms with E-state index in [4.69, 9.17) is 9.63 Å². The highest BCUT2D eigenvalue weighted by atomic mass is 16.5. The summed E-state index contributed by atoms with van der Waals surface area (Å²) in [7, 11) is 0. The Bertz CT molecular complexity index is 1050. The van der Waals surface area contributed by atoms with Crippen LogP contribution in [0.3, 0.4) is 0 Å². The summed E-state index contributed by atoms with van der Waals surface area (Å²) in [6.07, 6.45) is 2.46. The van der Waals surface area contributed by atoms with E-state index in [9.17, 15) is 4.79 Å². The second kappa shape index (κ2) is 9.02. The molecule has 31 heavy (non-hydrogen) atoms. The summed E-state index contributed by atoms with van der Waals surface area (Å²) in [6.45, 7) is 7.19. The Hall–Kier alpha value is -2.99. The standard InChI is InChI=1S/C25H29N3O3/c1-15(2)10-17-4-7-19(8-5-17)24-27-23(28-31-24)22-9-6-18(11-16(22)3)14-26-21-12-20(13-21)25(29)30/h4-9,11,15,20-21,26H,10,12-14H2,1-3H3,(H,29,30)/t20-,21-. The molecule has 3 aromatic rings. The maximum absolute atomic E-state index is 10.9. The first-order valence-corrected chi connectivity index (χ1v) is 10.9. The van der Waals surface area contributed by atoms with Gasteiger partial charge in [-0.15, -0.1) is 0 Å². The Kier molecular flexibility index (Phi) is 6.18. The Morgan fingerprint density at radius 3 is 2.52 bits per heavy atom. The van der Waals surface area contributed by atoms with E-state index in [0.29, 0.717) is 30.5 Å². The molecule has 6 heteroatoms. The number of nitrogens with zero attached hydrogens (tertiary/aromatic N) is 2. The van der Waals surface area contributed by atoms with Gasteiger partial charge in [-0.05, 0) is 60.9 Å². The quantitative estimate of drug-likeness (QED) is 0.542. The molecular formula is C25H29N3O3. The molecule has 0 bridgehead atoms. The van der Waals surface area contributed by atoms with Gasteiger partial charge < -0.3 is 14.9 Å². The fraction of sp³-hybridized carbons (Fsp3) is 0.400. The lowest BCUT2D eigenvalue weighted by Gasteiger charge is -2.33. The fourth-order valence-corrected chi connectivity index (χ4v) is 4.04. The number of hydrogen-bond acceptors (Lipinski definition) is 5. The second-order valence-corrected chi connectivity index (χ2v) is 8.95. The van der Waals surface area contributed by atoms with Crippen LogP contribution in [0.5, 0.6) is 0 Å². The lowest BCUT2D eigenvalue weighted by molar-refractivity contribution is -0.145. The lowest BCUT2D eigenvalue weighted by Crippen LogP contribution is -2.43. The van der Waals surface area contributed by atoms with Crippen molar-refractivity contribution in [3.05, 3.63) is 59.2 Å². The van der Waals surface area contributed by atoms with Crippen LogP contribution in [-0.2, 0) is 17.8 Å². The zero-order chi connectivity index (χ0) is 22.0. The van der Waals surface area contributed by atoms with Crippen molar-refractivity contribution in [3.8, 4) is 22.8 Å². The van der Waals surface area contributed by atoms with E-state index < -0.39 is 5.97 Å². The number of benzene rings is 2. The molecule has 2 aromatic carbocycles. The van der Waals surface area contributed by atoms with Crippen LogP contribution in [0, 0.1) is 18.8 Å². The van der Waals surface area contributed by atoms with Gasteiger partial charge in [0.2, 0.25) is 5.82 Å². The molecule has 0 atom stereocenters. The summed E-state index contributed by atoms with van der Waals surface area (Å²) in [5.74, 6) is 0.845. The molecule has 0 aliphatic heterocycles. The molecule has 1 fully saturated rings. The van der Waals surface area contributed by atoms with Gasteiger partial charge >= 0.3 is 5.97 Å². The van der Waals surface area contributed by atoms with E-state index in [-0.39, 0.29) is 12.0 Å². The number of carbonyl (C=O) groups is 1. The number of aliphatic carboxylic acids is 1. The normalized spacial score (nSPS) is 18.2. The molecule has 1 aliphatic carbocycles. The van der Waals surface area contributed by atoms with Crippen LogP contribution in [0.15, 0.2) is 47.0 Å². The maximum Gasteiger partial charge on any atom is 0.306 e. The lowest BCUT2D eigenvalue weighted by atomic mass is 9.80. The highest BCUT2D eigenvalue weighted by Gasteiger charge is 2.33.